The largest absolute Gasteiger partial charge is 0.452 e. The standard InChI is InChI=1S/C26H27N7O3/c1-4-18-10-17(6-8-35-18)33-24-20-11-19(21(28)5-7-29-2)15(12-27)9-22(20)36-25(24)23(31-26(33)34)16-13-30-32(3)14-16/h5,7,9,11,13-14,17-18H,4,6,8,10,28H2,1-3H3/t17-,18?/m0/s1. The number of nitriles is 1. The molecule has 1 aromatic carbocycles. The number of nitrogens with two attached hydrogens (primary N) is 1. The Hall–Kier alpha value is -4.23. The quantitative estimate of drug-likeness (QED) is 0.427. The van der Waals surface area contributed by atoms with Gasteiger partial charge in [-0.1, -0.05) is 6.92 Å². The van der Waals surface area contributed by atoms with Crippen LogP contribution in [0.3, 0.4) is 0 Å². The minimum Gasteiger partial charge on any atom is -0.452 e. The molecule has 10 heteroatoms. The van der Waals surface area contributed by atoms with Crippen LogP contribution < -0.4 is 11.4 Å². The Labute approximate surface area is 207 Å². The summed E-state index contributed by atoms with van der Waals surface area (Å²) in [6.45, 7) is 2.64. The fourth-order valence-electron chi connectivity index (χ4n) is 4.86. The first-order valence-electron chi connectivity index (χ1n) is 11.9. The molecule has 4 aromatic rings. The smallest absolute Gasteiger partial charge is 0.349 e. The van der Waals surface area contributed by atoms with Crippen LogP contribution in [0.5, 0.6) is 0 Å². The van der Waals surface area contributed by atoms with Crippen LogP contribution in [-0.2, 0) is 11.8 Å². The molecular formula is C26H27N7O3. The van der Waals surface area contributed by atoms with Crippen LogP contribution in [0.25, 0.3) is 39.0 Å². The Bertz CT molecular complexity index is 1620. The van der Waals surface area contributed by atoms with Crippen molar-refractivity contribution in [3.05, 3.63) is 52.2 Å². The second-order valence-electron chi connectivity index (χ2n) is 8.91. The van der Waals surface area contributed by atoms with E-state index in [1.807, 2.05) is 6.07 Å². The highest BCUT2D eigenvalue weighted by Crippen LogP contribution is 2.38. The van der Waals surface area contributed by atoms with E-state index in [0.29, 0.717) is 69.6 Å². The predicted octanol–water partition coefficient (Wildman–Crippen LogP) is 3.55. The highest BCUT2D eigenvalue weighted by Gasteiger charge is 2.29. The number of furan rings is 1. The maximum absolute atomic E-state index is 13.6. The van der Waals surface area contributed by atoms with Crippen LogP contribution in [0.1, 0.15) is 43.4 Å². The molecule has 184 valence electrons. The Morgan fingerprint density at radius 1 is 1.42 bits per heavy atom. The number of nitrogens with zero attached hydrogens (tertiary/aromatic N) is 6. The lowest BCUT2D eigenvalue weighted by Crippen LogP contribution is -2.34. The number of aliphatic imine (C=N–C) groups is 1. The summed E-state index contributed by atoms with van der Waals surface area (Å²) in [5, 5.41) is 14.7. The van der Waals surface area contributed by atoms with Crippen molar-refractivity contribution in [2.45, 2.75) is 38.3 Å². The van der Waals surface area contributed by atoms with Crippen LogP contribution in [-0.4, -0.2) is 45.3 Å². The van der Waals surface area contributed by atoms with Gasteiger partial charge in [-0.2, -0.15) is 15.3 Å². The first kappa shape index (κ1) is 23.5. The van der Waals surface area contributed by atoms with Crippen molar-refractivity contribution < 1.29 is 9.15 Å². The lowest BCUT2D eigenvalue weighted by Gasteiger charge is -2.30. The molecule has 0 radical (unpaired) electrons. The molecule has 0 saturated carbocycles. The minimum atomic E-state index is -0.363. The summed E-state index contributed by atoms with van der Waals surface area (Å²) in [5.41, 5.74) is 9.91. The molecule has 4 heterocycles. The number of ether oxygens (including phenoxy) is 1. The van der Waals surface area contributed by atoms with E-state index in [-0.39, 0.29) is 17.8 Å². The molecule has 3 aromatic heterocycles. The Morgan fingerprint density at radius 3 is 2.94 bits per heavy atom. The third-order valence-electron chi connectivity index (χ3n) is 6.64. The summed E-state index contributed by atoms with van der Waals surface area (Å²) in [6, 6.07) is 5.58. The predicted molar refractivity (Wildman–Crippen MR) is 138 cm³/mol. The Morgan fingerprint density at radius 2 is 2.25 bits per heavy atom. The first-order chi connectivity index (χ1) is 17.4. The minimum absolute atomic E-state index is 0.0644. The number of rotatable bonds is 5. The van der Waals surface area contributed by atoms with Crippen LogP contribution in [0.2, 0.25) is 0 Å². The van der Waals surface area contributed by atoms with Crippen molar-refractivity contribution in [3.8, 4) is 17.3 Å². The van der Waals surface area contributed by atoms with Crippen molar-refractivity contribution in [1.29, 1.82) is 5.26 Å². The van der Waals surface area contributed by atoms with E-state index in [9.17, 15) is 10.1 Å². The summed E-state index contributed by atoms with van der Waals surface area (Å²) in [6.07, 6.45) is 8.96. The van der Waals surface area contributed by atoms with E-state index in [4.69, 9.17) is 14.9 Å². The summed E-state index contributed by atoms with van der Waals surface area (Å²) >= 11 is 0. The van der Waals surface area contributed by atoms with Gasteiger partial charge < -0.3 is 14.9 Å². The highest BCUT2D eigenvalue weighted by atomic mass is 16.5. The zero-order valence-electron chi connectivity index (χ0n) is 20.4. The van der Waals surface area contributed by atoms with Gasteiger partial charge >= 0.3 is 5.69 Å². The van der Waals surface area contributed by atoms with Gasteiger partial charge in [-0.15, -0.1) is 0 Å². The van der Waals surface area contributed by atoms with Crippen LogP contribution >= 0.6 is 0 Å². The molecule has 5 rings (SSSR count). The number of hydrogen-bond donors (Lipinski definition) is 1. The van der Waals surface area contributed by atoms with E-state index < -0.39 is 0 Å². The van der Waals surface area contributed by atoms with E-state index >= 15 is 0 Å². The van der Waals surface area contributed by atoms with E-state index in [2.05, 4.69) is 28.1 Å². The van der Waals surface area contributed by atoms with Crippen molar-refractivity contribution >= 4 is 34.0 Å². The summed E-state index contributed by atoms with van der Waals surface area (Å²) in [5.74, 6) is 0. The average molecular weight is 486 g/mol. The second-order valence-corrected chi connectivity index (χ2v) is 8.91. The third-order valence-corrected chi connectivity index (χ3v) is 6.64. The molecule has 36 heavy (non-hydrogen) atoms. The molecule has 0 aliphatic carbocycles. The van der Waals surface area contributed by atoms with Gasteiger partial charge in [0, 0.05) is 61.4 Å². The fraction of sp³-hybridized carbons (Fsp3) is 0.346. The summed E-state index contributed by atoms with van der Waals surface area (Å²) in [4.78, 5) is 22.0. The lowest BCUT2D eigenvalue weighted by molar-refractivity contribution is -0.00709. The van der Waals surface area contributed by atoms with Crippen molar-refractivity contribution in [3.63, 3.8) is 0 Å². The number of benzene rings is 1. The maximum Gasteiger partial charge on any atom is 0.349 e. The van der Waals surface area contributed by atoms with Gasteiger partial charge in [0.2, 0.25) is 0 Å². The van der Waals surface area contributed by atoms with Gasteiger partial charge in [-0.05, 0) is 37.5 Å². The third kappa shape index (κ3) is 3.97. The molecule has 0 amide bonds. The molecule has 1 unspecified atom stereocenters. The highest BCUT2D eigenvalue weighted by molar-refractivity contribution is 6.08. The van der Waals surface area contributed by atoms with Crippen LogP contribution in [0, 0.1) is 11.3 Å². The number of aryl methyl sites for hydroxylation is 1. The van der Waals surface area contributed by atoms with Gasteiger partial charge in [-0.25, -0.2) is 4.79 Å². The van der Waals surface area contributed by atoms with Gasteiger partial charge in [0.1, 0.15) is 16.8 Å². The zero-order valence-corrected chi connectivity index (χ0v) is 20.4. The number of fused-ring (bicyclic) bond motifs is 3. The summed E-state index contributed by atoms with van der Waals surface area (Å²) < 4.78 is 15.6. The second kappa shape index (κ2) is 9.43. The Kier molecular flexibility index (Phi) is 6.16. The van der Waals surface area contributed by atoms with E-state index in [1.54, 1.807) is 54.1 Å². The fourth-order valence-corrected chi connectivity index (χ4v) is 4.86. The number of allylic oxidation sites excluding steroid dienone is 1. The molecule has 10 nitrogen and oxygen atoms in total. The molecule has 1 saturated heterocycles. The molecule has 2 N–H and O–H groups in total. The van der Waals surface area contributed by atoms with E-state index in [0.717, 1.165) is 6.42 Å². The average Bonchev–Trinajstić information content (AvgIpc) is 3.49. The SMILES string of the molecule is CCC1C[C@@H](n2c(=O)nc(-c3cnn(C)c3)c3oc4cc(C#N)c(C(N)=CC=NC)cc4c32)CCO1. The number of hydrogen-bond acceptors (Lipinski definition) is 8. The monoisotopic (exact) mass is 485 g/mol. The van der Waals surface area contributed by atoms with Gasteiger partial charge in [0.15, 0.2) is 5.58 Å². The van der Waals surface area contributed by atoms with Crippen LogP contribution in [0.15, 0.2) is 44.8 Å². The molecule has 1 aliphatic rings. The molecule has 1 aliphatic heterocycles. The summed E-state index contributed by atoms with van der Waals surface area (Å²) in [7, 11) is 3.44. The first-order valence-corrected chi connectivity index (χ1v) is 11.9. The van der Waals surface area contributed by atoms with Gasteiger partial charge in [0.05, 0.1) is 23.9 Å². The normalized spacial score (nSPS) is 18.9. The topological polar surface area (TPSA) is 137 Å². The van der Waals surface area contributed by atoms with Crippen molar-refractivity contribution in [2.75, 3.05) is 13.7 Å². The zero-order chi connectivity index (χ0) is 25.4. The van der Waals surface area contributed by atoms with Gasteiger partial charge in [-0.3, -0.25) is 14.2 Å². The van der Waals surface area contributed by atoms with E-state index in [1.165, 1.54) is 0 Å². The molecule has 1 fully saturated rings. The Balaban J connectivity index is 1.86. The maximum atomic E-state index is 13.6. The van der Waals surface area contributed by atoms with Crippen molar-refractivity contribution in [2.24, 2.45) is 17.8 Å². The molecule has 0 spiro atoms. The van der Waals surface area contributed by atoms with Crippen LogP contribution in [0.4, 0.5) is 0 Å². The van der Waals surface area contributed by atoms with Crippen molar-refractivity contribution in [1.82, 2.24) is 19.3 Å². The molecule has 0 bridgehead atoms. The molecular weight excluding hydrogens is 458 g/mol. The molecule has 2 atom stereocenters. The number of aromatic nitrogens is 4. The van der Waals surface area contributed by atoms with Gasteiger partial charge in [0.25, 0.3) is 0 Å². The lowest BCUT2D eigenvalue weighted by atomic mass is 9.99.